The van der Waals surface area contributed by atoms with Crippen LogP contribution in [0.15, 0.2) is 30.3 Å². The van der Waals surface area contributed by atoms with Gasteiger partial charge in [-0.3, -0.25) is 4.79 Å². The average Bonchev–Trinajstić information content (AvgIpc) is 2.28. The van der Waals surface area contributed by atoms with Crippen LogP contribution in [0.2, 0.25) is 10.0 Å². The van der Waals surface area contributed by atoms with Crippen LogP contribution in [0.5, 0.6) is 0 Å². The fraction of sp³-hybridized carbons (Fsp3) is 0. The molecule has 17 heavy (non-hydrogen) atoms. The van der Waals surface area contributed by atoms with Gasteiger partial charge in [-0.15, -0.1) is 0 Å². The minimum atomic E-state index is -0.749. The van der Waals surface area contributed by atoms with Crippen LogP contribution >= 0.6 is 23.2 Å². The first-order chi connectivity index (χ1) is 8.11. The number of hydrogen-bond donors (Lipinski definition) is 0. The number of benzene rings is 1. The molecular weight excluding hydrogens is 264 g/mol. The number of pyridine rings is 1. The Morgan fingerprint density at radius 2 is 1.82 bits per heavy atom. The highest BCUT2D eigenvalue weighted by atomic mass is 35.5. The van der Waals surface area contributed by atoms with E-state index in [4.69, 9.17) is 23.2 Å². The van der Waals surface area contributed by atoms with Gasteiger partial charge in [-0.2, -0.15) is 4.39 Å². The number of hydrogen-bond acceptors (Lipinski definition) is 2. The summed E-state index contributed by atoms with van der Waals surface area (Å²) in [7, 11) is 0. The molecule has 0 saturated heterocycles. The second-order valence-electron chi connectivity index (χ2n) is 3.32. The lowest BCUT2D eigenvalue weighted by Crippen LogP contribution is -1.93. The van der Waals surface area contributed by atoms with Crippen molar-refractivity contribution in [1.29, 1.82) is 0 Å². The Kier molecular flexibility index (Phi) is 3.41. The number of nitrogens with zero attached hydrogens (tertiary/aromatic N) is 1. The van der Waals surface area contributed by atoms with E-state index >= 15 is 0 Å². The molecule has 86 valence electrons. The minimum absolute atomic E-state index is 0.184. The predicted octanol–water partition coefficient (Wildman–Crippen LogP) is 4.01. The van der Waals surface area contributed by atoms with Crippen molar-refractivity contribution in [3.63, 3.8) is 0 Å². The molecular formula is C12H6Cl2FNO. The van der Waals surface area contributed by atoms with Gasteiger partial charge in [0.1, 0.15) is 6.29 Å². The van der Waals surface area contributed by atoms with Crippen molar-refractivity contribution < 1.29 is 9.18 Å². The third-order valence-corrected chi connectivity index (χ3v) is 2.80. The summed E-state index contributed by atoms with van der Waals surface area (Å²) in [6, 6.07) is 7.39. The molecule has 0 aliphatic carbocycles. The Hall–Kier alpha value is -1.45. The van der Waals surface area contributed by atoms with Crippen molar-refractivity contribution in [2.24, 2.45) is 0 Å². The number of rotatable bonds is 2. The van der Waals surface area contributed by atoms with Crippen LogP contribution in [-0.4, -0.2) is 11.3 Å². The lowest BCUT2D eigenvalue weighted by atomic mass is 10.1. The van der Waals surface area contributed by atoms with Crippen LogP contribution < -0.4 is 0 Å². The zero-order chi connectivity index (χ0) is 12.4. The topological polar surface area (TPSA) is 30.0 Å². The number of carbonyl (C=O) groups excluding carboxylic acids is 1. The maximum Gasteiger partial charge on any atom is 0.214 e. The maximum atomic E-state index is 13.2. The summed E-state index contributed by atoms with van der Waals surface area (Å²) in [5.74, 6) is -0.749. The number of aromatic nitrogens is 1. The fourth-order valence-electron chi connectivity index (χ4n) is 1.46. The van der Waals surface area contributed by atoms with Gasteiger partial charge >= 0.3 is 0 Å². The Balaban J connectivity index is 2.68. The maximum absolute atomic E-state index is 13.2. The lowest BCUT2D eigenvalue weighted by molar-refractivity contribution is 0.112. The molecule has 0 spiro atoms. The Morgan fingerprint density at radius 1 is 1.18 bits per heavy atom. The Morgan fingerprint density at radius 3 is 2.41 bits per heavy atom. The molecule has 0 amide bonds. The number of aldehydes is 1. The molecule has 0 radical (unpaired) electrons. The van der Waals surface area contributed by atoms with E-state index < -0.39 is 5.95 Å². The van der Waals surface area contributed by atoms with Crippen LogP contribution in [0.25, 0.3) is 11.3 Å². The summed E-state index contributed by atoms with van der Waals surface area (Å²) in [4.78, 5) is 14.3. The third-order valence-electron chi connectivity index (χ3n) is 2.17. The fourth-order valence-corrected chi connectivity index (χ4v) is 2.05. The Bertz CT molecular complexity index is 566. The third kappa shape index (κ3) is 2.46. The standard InChI is InChI=1S/C12H6Cl2FNO/c13-8-2-1-3-9(14)12(8)10-4-7(6-17)5-11(15)16-10/h1-6H. The summed E-state index contributed by atoms with van der Waals surface area (Å²) in [5.41, 5.74) is 0.838. The molecule has 1 heterocycles. The van der Waals surface area contributed by atoms with E-state index in [2.05, 4.69) is 4.98 Å². The van der Waals surface area contributed by atoms with E-state index in [-0.39, 0.29) is 11.3 Å². The van der Waals surface area contributed by atoms with Crippen LogP contribution in [0.1, 0.15) is 10.4 Å². The molecule has 1 aromatic carbocycles. The summed E-state index contributed by atoms with van der Waals surface area (Å²) in [6.07, 6.45) is 0.541. The molecule has 0 saturated carbocycles. The minimum Gasteiger partial charge on any atom is -0.298 e. The van der Waals surface area contributed by atoms with Crippen LogP contribution in [-0.2, 0) is 0 Å². The van der Waals surface area contributed by atoms with Crippen molar-refractivity contribution >= 4 is 29.5 Å². The van der Waals surface area contributed by atoms with E-state index in [0.29, 0.717) is 21.9 Å². The summed E-state index contributed by atoms with van der Waals surface area (Å²) < 4.78 is 13.2. The van der Waals surface area contributed by atoms with Crippen molar-refractivity contribution in [2.45, 2.75) is 0 Å². The Labute approximate surface area is 107 Å². The van der Waals surface area contributed by atoms with Crippen LogP contribution in [0.3, 0.4) is 0 Å². The highest BCUT2D eigenvalue weighted by Gasteiger charge is 2.11. The summed E-state index contributed by atoms with van der Waals surface area (Å²) >= 11 is 12.0. The quantitative estimate of drug-likeness (QED) is 0.609. The first kappa shape index (κ1) is 12.0. The van der Waals surface area contributed by atoms with E-state index in [9.17, 15) is 9.18 Å². The van der Waals surface area contributed by atoms with Crippen LogP contribution in [0.4, 0.5) is 4.39 Å². The normalized spacial score (nSPS) is 10.3. The SMILES string of the molecule is O=Cc1cc(F)nc(-c2c(Cl)cccc2Cl)c1. The monoisotopic (exact) mass is 269 g/mol. The average molecular weight is 270 g/mol. The van der Waals surface area contributed by atoms with Gasteiger partial charge in [-0.25, -0.2) is 4.98 Å². The van der Waals surface area contributed by atoms with Gasteiger partial charge in [0.2, 0.25) is 5.95 Å². The molecule has 0 aliphatic rings. The number of halogens is 3. The summed E-state index contributed by atoms with van der Waals surface area (Å²) in [6.45, 7) is 0. The predicted molar refractivity (Wildman–Crippen MR) is 65.0 cm³/mol. The van der Waals surface area contributed by atoms with Gasteiger partial charge in [0.25, 0.3) is 0 Å². The van der Waals surface area contributed by atoms with Gasteiger partial charge in [0.05, 0.1) is 15.7 Å². The second kappa shape index (κ2) is 4.82. The van der Waals surface area contributed by atoms with Gasteiger partial charge in [0, 0.05) is 17.2 Å². The second-order valence-corrected chi connectivity index (χ2v) is 4.14. The van der Waals surface area contributed by atoms with Gasteiger partial charge in [0.15, 0.2) is 0 Å². The smallest absolute Gasteiger partial charge is 0.214 e. The molecule has 2 aromatic rings. The van der Waals surface area contributed by atoms with Crippen LogP contribution in [0, 0.1) is 5.95 Å². The van der Waals surface area contributed by atoms with Gasteiger partial charge in [-0.05, 0) is 18.2 Å². The zero-order valence-corrected chi connectivity index (χ0v) is 9.97. The first-order valence-corrected chi connectivity index (χ1v) is 5.44. The molecule has 0 N–H and O–H groups in total. The highest BCUT2D eigenvalue weighted by molar-refractivity contribution is 6.39. The molecule has 0 fully saturated rings. The van der Waals surface area contributed by atoms with Gasteiger partial charge < -0.3 is 0 Å². The molecule has 0 atom stereocenters. The molecule has 0 aliphatic heterocycles. The van der Waals surface area contributed by atoms with Crippen molar-refractivity contribution in [2.75, 3.05) is 0 Å². The van der Waals surface area contributed by atoms with Crippen molar-refractivity contribution in [3.8, 4) is 11.3 Å². The number of carbonyl (C=O) groups is 1. The molecule has 1 aromatic heterocycles. The molecule has 2 nitrogen and oxygen atoms in total. The molecule has 0 unspecified atom stereocenters. The summed E-state index contributed by atoms with van der Waals surface area (Å²) in [5, 5.41) is 0.708. The molecule has 0 bridgehead atoms. The van der Waals surface area contributed by atoms with Crippen molar-refractivity contribution in [3.05, 3.63) is 51.9 Å². The van der Waals surface area contributed by atoms with E-state index in [1.807, 2.05) is 0 Å². The van der Waals surface area contributed by atoms with E-state index in [1.54, 1.807) is 18.2 Å². The molecule has 5 heteroatoms. The van der Waals surface area contributed by atoms with E-state index in [0.717, 1.165) is 6.07 Å². The zero-order valence-electron chi connectivity index (χ0n) is 8.45. The van der Waals surface area contributed by atoms with E-state index in [1.165, 1.54) is 6.07 Å². The van der Waals surface area contributed by atoms with Crippen molar-refractivity contribution in [1.82, 2.24) is 4.98 Å². The van der Waals surface area contributed by atoms with Gasteiger partial charge in [-0.1, -0.05) is 29.3 Å². The highest BCUT2D eigenvalue weighted by Crippen LogP contribution is 2.33. The lowest BCUT2D eigenvalue weighted by Gasteiger charge is -2.06. The largest absolute Gasteiger partial charge is 0.298 e. The first-order valence-electron chi connectivity index (χ1n) is 4.69. The molecule has 2 rings (SSSR count).